The summed E-state index contributed by atoms with van der Waals surface area (Å²) in [6.07, 6.45) is 3.38. The number of likely N-dealkylation sites (tertiary alicyclic amines) is 1. The molecule has 0 aromatic carbocycles. The van der Waals surface area contributed by atoms with Gasteiger partial charge in [0.15, 0.2) is 0 Å². The summed E-state index contributed by atoms with van der Waals surface area (Å²) in [5.74, 6) is -4.02. The van der Waals surface area contributed by atoms with E-state index >= 15 is 0 Å². The smallest absolute Gasteiger partial charge is 0.307 e. The van der Waals surface area contributed by atoms with Gasteiger partial charge in [-0.2, -0.15) is 0 Å². The van der Waals surface area contributed by atoms with Crippen molar-refractivity contribution in [3.8, 4) is 0 Å². The molecular formula is C11H13NO4. The molecule has 0 saturated carbocycles. The first-order valence-electron chi connectivity index (χ1n) is 5.17. The Balaban J connectivity index is 2.44. The van der Waals surface area contributed by atoms with Crippen LogP contribution in [0.1, 0.15) is 6.92 Å². The van der Waals surface area contributed by atoms with E-state index in [1.807, 2.05) is 0 Å². The highest BCUT2D eigenvalue weighted by molar-refractivity contribution is 6.07. The van der Waals surface area contributed by atoms with Crippen LogP contribution >= 0.6 is 0 Å². The Morgan fingerprint density at radius 2 is 1.94 bits per heavy atom. The van der Waals surface area contributed by atoms with E-state index in [1.54, 1.807) is 19.1 Å². The van der Waals surface area contributed by atoms with Crippen molar-refractivity contribution in [1.82, 2.24) is 4.90 Å². The molecule has 4 atom stereocenters. The summed E-state index contributed by atoms with van der Waals surface area (Å²) in [5, 5.41) is 9.13. The number of nitrogens with zero attached hydrogens (tertiary/aromatic N) is 1. The molecule has 1 N–H and O–H groups in total. The molecule has 2 rings (SSSR count). The van der Waals surface area contributed by atoms with Crippen LogP contribution < -0.4 is 0 Å². The molecule has 0 spiro atoms. The lowest BCUT2D eigenvalue weighted by Gasteiger charge is -2.28. The van der Waals surface area contributed by atoms with Gasteiger partial charge in [-0.3, -0.25) is 19.3 Å². The fourth-order valence-electron chi connectivity index (χ4n) is 2.56. The second kappa shape index (κ2) is 3.43. The number of carboxylic acids is 1. The van der Waals surface area contributed by atoms with Gasteiger partial charge in [0.1, 0.15) is 0 Å². The quantitative estimate of drug-likeness (QED) is 0.506. The normalized spacial score (nSPS) is 37.8. The van der Waals surface area contributed by atoms with Gasteiger partial charge in [0.05, 0.1) is 17.8 Å². The van der Waals surface area contributed by atoms with Crippen LogP contribution in [0.15, 0.2) is 12.2 Å². The molecule has 1 aliphatic heterocycles. The minimum absolute atomic E-state index is 0.220. The molecule has 0 unspecified atom stereocenters. The Morgan fingerprint density at radius 1 is 1.31 bits per heavy atom. The van der Waals surface area contributed by atoms with Gasteiger partial charge in [-0.05, 0) is 5.92 Å². The Hall–Kier alpha value is -1.65. The average molecular weight is 223 g/mol. The Labute approximate surface area is 92.7 Å². The van der Waals surface area contributed by atoms with Crippen LogP contribution in [-0.4, -0.2) is 34.8 Å². The van der Waals surface area contributed by atoms with Crippen LogP contribution in [0.25, 0.3) is 0 Å². The van der Waals surface area contributed by atoms with E-state index in [0.717, 1.165) is 4.90 Å². The van der Waals surface area contributed by atoms with Gasteiger partial charge < -0.3 is 5.11 Å². The van der Waals surface area contributed by atoms with Gasteiger partial charge in [-0.1, -0.05) is 19.1 Å². The predicted octanol–water partition coefficient (Wildman–Crippen LogP) is 0.124. The maximum absolute atomic E-state index is 11.8. The molecule has 2 aliphatic rings. The largest absolute Gasteiger partial charge is 0.481 e. The summed E-state index contributed by atoms with van der Waals surface area (Å²) in [5.41, 5.74) is 0. The fourth-order valence-corrected chi connectivity index (χ4v) is 2.56. The summed E-state index contributed by atoms with van der Waals surface area (Å²) >= 11 is 0. The number of carbonyl (C=O) groups excluding carboxylic acids is 2. The van der Waals surface area contributed by atoms with Gasteiger partial charge in [-0.15, -0.1) is 0 Å². The van der Waals surface area contributed by atoms with Crippen LogP contribution in [0.5, 0.6) is 0 Å². The number of hydrogen-bond acceptors (Lipinski definition) is 3. The highest BCUT2D eigenvalue weighted by Crippen LogP contribution is 2.40. The van der Waals surface area contributed by atoms with E-state index in [0.29, 0.717) is 0 Å². The van der Waals surface area contributed by atoms with Crippen molar-refractivity contribution in [2.45, 2.75) is 6.92 Å². The molecule has 1 heterocycles. The number of fused-ring (bicyclic) bond motifs is 1. The number of amides is 2. The maximum atomic E-state index is 11.8. The van der Waals surface area contributed by atoms with Crippen LogP contribution in [0, 0.1) is 23.7 Å². The average Bonchev–Trinajstić information content (AvgIpc) is 2.43. The third kappa shape index (κ3) is 1.27. The van der Waals surface area contributed by atoms with Gasteiger partial charge >= 0.3 is 5.97 Å². The second-order valence-corrected chi connectivity index (χ2v) is 4.40. The Morgan fingerprint density at radius 3 is 2.50 bits per heavy atom. The zero-order chi connectivity index (χ0) is 12.0. The molecule has 0 radical (unpaired) electrons. The predicted molar refractivity (Wildman–Crippen MR) is 54.2 cm³/mol. The second-order valence-electron chi connectivity index (χ2n) is 4.40. The maximum Gasteiger partial charge on any atom is 0.307 e. The van der Waals surface area contributed by atoms with Crippen LogP contribution in [0.3, 0.4) is 0 Å². The molecule has 0 bridgehead atoms. The van der Waals surface area contributed by atoms with Crippen molar-refractivity contribution < 1.29 is 19.5 Å². The van der Waals surface area contributed by atoms with Crippen molar-refractivity contribution >= 4 is 17.8 Å². The highest BCUT2D eigenvalue weighted by atomic mass is 16.4. The van der Waals surface area contributed by atoms with E-state index in [-0.39, 0.29) is 17.7 Å². The van der Waals surface area contributed by atoms with Gasteiger partial charge in [0.2, 0.25) is 11.8 Å². The first-order chi connectivity index (χ1) is 7.45. The molecule has 0 aromatic heterocycles. The van der Waals surface area contributed by atoms with Crippen molar-refractivity contribution in [2.24, 2.45) is 23.7 Å². The lowest BCUT2D eigenvalue weighted by Crippen LogP contribution is -2.38. The fraction of sp³-hybridized carbons (Fsp3) is 0.545. The van der Waals surface area contributed by atoms with E-state index in [1.165, 1.54) is 7.05 Å². The third-order valence-electron chi connectivity index (χ3n) is 3.48. The summed E-state index contributed by atoms with van der Waals surface area (Å²) in [6, 6.07) is 0. The molecule has 5 heteroatoms. The van der Waals surface area contributed by atoms with E-state index < -0.39 is 23.7 Å². The molecular weight excluding hydrogens is 210 g/mol. The molecule has 86 valence electrons. The van der Waals surface area contributed by atoms with Crippen molar-refractivity contribution in [1.29, 1.82) is 0 Å². The number of hydrogen-bond donors (Lipinski definition) is 1. The van der Waals surface area contributed by atoms with Crippen molar-refractivity contribution in [3.63, 3.8) is 0 Å². The number of carboxylic acid groups (broad SMARTS) is 1. The monoisotopic (exact) mass is 223 g/mol. The molecule has 1 saturated heterocycles. The highest BCUT2D eigenvalue weighted by Gasteiger charge is 2.53. The third-order valence-corrected chi connectivity index (χ3v) is 3.48. The topological polar surface area (TPSA) is 74.7 Å². The number of allylic oxidation sites excluding steroid dienone is 1. The van der Waals surface area contributed by atoms with Crippen molar-refractivity contribution in [3.05, 3.63) is 12.2 Å². The van der Waals surface area contributed by atoms with Gasteiger partial charge in [0, 0.05) is 7.05 Å². The molecule has 0 aromatic rings. The minimum atomic E-state index is -1.01. The number of imide groups is 1. The number of aliphatic carboxylic acids is 1. The van der Waals surface area contributed by atoms with E-state index in [9.17, 15) is 14.4 Å². The van der Waals surface area contributed by atoms with E-state index in [2.05, 4.69) is 0 Å². The van der Waals surface area contributed by atoms with Crippen LogP contribution in [0.2, 0.25) is 0 Å². The van der Waals surface area contributed by atoms with Crippen LogP contribution in [-0.2, 0) is 14.4 Å². The number of rotatable bonds is 1. The van der Waals surface area contributed by atoms with Gasteiger partial charge in [-0.25, -0.2) is 0 Å². The lowest BCUT2D eigenvalue weighted by molar-refractivity contribution is -0.150. The molecule has 2 amide bonds. The molecule has 16 heavy (non-hydrogen) atoms. The first-order valence-corrected chi connectivity index (χ1v) is 5.17. The molecule has 1 fully saturated rings. The van der Waals surface area contributed by atoms with Gasteiger partial charge in [0.25, 0.3) is 0 Å². The first kappa shape index (κ1) is 10.9. The zero-order valence-electron chi connectivity index (χ0n) is 9.08. The summed E-state index contributed by atoms with van der Waals surface area (Å²) in [7, 11) is 1.40. The number of carbonyl (C=O) groups is 3. The van der Waals surface area contributed by atoms with Crippen LogP contribution in [0.4, 0.5) is 0 Å². The van der Waals surface area contributed by atoms with Crippen molar-refractivity contribution in [2.75, 3.05) is 7.05 Å². The summed E-state index contributed by atoms with van der Waals surface area (Å²) in [6.45, 7) is 1.75. The molecule has 1 aliphatic carbocycles. The lowest BCUT2D eigenvalue weighted by atomic mass is 9.72. The minimum Gasteiger partial charge on any atom is -0.481 e. The van der Waals surface area contributed by atoms with E-state index in [4.69, 9.17) is 5.11 Å². The summed E-state index contributed by atoms with van der Waals surface area (Å²) < 4.78 is 0. The summed E-state index contributed by atoms with van der Waals surface area (Å²) in [4.78, 5) is 35.7. The SMILES string of the molecule is C[C@H]1C=C[C@@H]2C(=O)N(C)C(=O)[C@@H]2[C@@H]1C(=O)O. The Bertz CT molecular complexity index is 401. The Kier molecular flexibility index (Phi) is 2.33. The molecule has 5 nitrogen and oxygen atoms in total. The standard InChI is InChI=1S/C11H13NO4/c1-5-3-4-6-8(7(5)11(15)16)10(14)12(2)9(6)13/h3-8H,1-2H3,(H,15,16)/t5-,6-,7+,8-/m0/s1. The zero-order valence-corrected chi connectivity index (χ0v) is 9.08.